The molecule has 5 rings (SSSR count). The third-order valence-corrected chi connectivity index (χ3v) is 6.16. The molecular formula is C17H20BrNO. The zero-order chi connectivity index (χ0) is 13.7. The molecule has 0 unspecified atom stereocenters. The molecule has 4 aliphatic rings. The van der Waals surface area contributed by atoms with Crippen LogP contribution in [0.4, 0.5) is 0 Å². The van der Waals surface area contributed by atoms with E-state index in [1.165, 1.54) is 32.1 Å². The van der Waals surface area contributed by atoms with Gasteiger partial charge in [-0.25, -0.2) is 0 Å². The van der Waals surface area contributed by atoms with Gasteiger partial charge in [0.25, 0.3) is 5.91 Å². The summed E-state index contributed by atoms with van der Waals surface area (Å²) < 4.78 is 1.02. The van der Waals surface area contributed by atoms with Gasteiger partial charge in [-0.2, -0.15) is 0 Å². The van der Waals surface area contributed by atoms with Crippen molar-refractivity contribution in [2.24, 2.45) is 23.7 Å². The molecule has 0 heterocycles. The van der Waals surface area contributed by atoms with E-state index < -0.39 is 0 Å². The van der Waals surface area contributed by atoms with Gasteiger partial charge < -0.3 is 5.32 Å². The van der Waals surface area contributed by atoms with Gasteiger partial charge in [-0.15, -0.1) is 0 Å². The first-order valence-electron chi connectivity index (χ1n) is 7.75. The summed E-state index contributed by atoms with van der Waals surface area (Å²) in [5.74, 6) is 3.50. The maximum absolute atomic E-state index is 12.4. The van der Waals surface area contributed by atoms with Crippen LogP contribution in [-0.4, -0.2) is 11.9 Å². The van der Waals surface area contributed by atoms with Crippen LogP contribution >= 0.6 is 15.9 Å². The van der Waals surface area contributed by atoms with E-state index in [2.05, 4.69) is 21.2 Å². The van der Waals surface area contributed by atoms with Gasteiger partial charge in [0.1, 0.15) is 0 Å². The van der Waals surface area contributed by atoms with Crippen molar-refractivity contribution in [2.45, 2.75) is 38.1 Å². The molecule has 0 spiro atoms. The van der Waals surface area contributed by atoms with E-state index in [-0.39, 0.29) is 5.91 Å². The Balaban J connectivity index is 1.49. The van der Waals surface area contributed by atoms with Gasteiger partial charge in [-0.1, -0.05) is 15.9 Å². The van der Waals surface area contributed by atoms with Crippen LogP contribution in [0, 0.1) is 23.7 Å². The summed E-state index contributed by atoms with van der Waals surface area (Å²) in [6.07, 6.45) is 6.84. The molecule has 0 radical (unpaired) electrons. The van der Waals surface area contributed by atoms with E-state index in [0.29, 0.717) is 6.04 Å². The van der Waals surface area contributed by atoms with Crippen LogP contribution in [0.3, 0.4) is 0 Å². The van der Waals surface area contributed by atoms with E-state index >= 15 is 0 Å². The van der Waals surface area contributed by atoms with Gasteiger partial charge in [-0.3, -0.25) is 4.79 Å². The number of amides is 1. The van der Waals surface area contributed by atoms with Crippen molar-refractivity contribution >= 4 is 21.8 Å². The van der Waals surface area contributed by atoms with Crippen molar-refractivity contribution in [3.05, 3.63) is 34.3 Å². The van der Waals surface area contributed by atoms with Crippen LogP contribution in [0.5, 0.6) is 0 Å². The Bertz CT molecular complexity index is 496. The fourth-order valence-electron chi connectivity index (χ4n) is 5.00. The molecule has 4 aliphatic carbocycles. The highest BCUT2D eigenvalue weighted by atomic mass is 79.9. The van der Waals surface area contributed by atoms with Crippen LogP contribution in [0.1, 0.15) is 42.5 Å². The molecule has 0 saturated heterocycles. The minimum absolute atomic E-state index is 0.106. The minimum atomic E-state index is 0.106. The monoisotopic (exact) mass is 333 g/mol. The normalized spacial score (nSPS) is 38.0. The summed E-state index contributed by atoms with van der Waals surface area (Å²) in [5, 5.41) is 3.34. The zero-order valence-electron chi connectivity index (χ0n) is 11.5. The molecule has 1 aromatic carbocycles. The highest BCUT2D eigenvalue weighted by molar-refractivity contribution is 9.10. The largest absolute Gasteiger partial charge is 0.349 e. The van der Waals surface area contributed by atoms with Crippen LogP contribution < -0.4 is 5.32 Å². The van der Waals surface area contributed by atoms with Crippen molar-refractivity contribution < 1.29 is 4.79 Å². The molecule has 1 amide bonds. The quantitative estimate of drug-likeness (QED) is 0.870. The lowest BCUT2D eigenvalue weighted by atomic mass is 9.54. The van der Waals surface area contributed by atoms with Crippen LogP contribution in [0.2, 0.25) is 0 Å². The second-order valence-electron chi connectivity index (χ2n) is 6.94. The summed E-state index contributed by atoms with van der Waals surface area (Å²) in [4.78, 5) is 12.4. The molecule has 0 atom stereocenters. The lowest BCUT2D eigenvalue weighted by molar-refractivity contribution is -0.0119. The SMILES string of the molecule is O=C(NC1C2CC3CC(C2)CC1C3)c1ccc(Br)cc1. The van der Waals surface area contributed by atoms with Crippen molar-refractivity contribution in [3.8, 4) is 0 Å². The van der Waals surface area contributed by atoms with E-state index in [1.54, 1.807) is 0 Å². The molecule has 4 saturated carbocycles. The molecule has 106 valence electrons. The lowest BCUT2D eigenvalue weighted by Crippen LogP contribution is -2.55. The first kappa shape index (κ1) is 12.9. The number of carbonyl (C=O) groups excluding carboxylic acids is 1. The van der Waals surface area contributed by atoms with Gasteiger partial charge in [0.2, 0.25) is 0 Å². The second kappa shape index (κ2) is 4.87. The molecule has 1 aromatic rings. The van der Waals surface area contributed by atoms with Crippen LogP contribution in [0.25, 0.3) is 0 Å². The predicted molar refractivity (Wildman–Crippen MR) is 82.4 cm³/mol. The fraction of sp³-hybridized carbons (Fsp3) is 0.588. The summed E-state index contributed by atoms with van der Waals surface area (Å²) >= 11 is 3.41. The van der Waals surface area contributed by atoms with Crippen molar-refractivity contribution in [1.29, 1.82) is 0 Å². The Labute approximate surface area is 128 Å². The highest BCUT2D eigenvalue weighted by Gasteiger charge is 2.48. The summed E-state index contributed by atoms with van der Waals surface area (Å²) in [6, 6.07) is 8.10. The number of carbonyl (C=O) groups is 1. The third-order valence-electron chi connectivity index (χ3n) is 5.63. The Morgan fingerprint density at radius 1 is 0.950 bits per heavy atom. The zero-order valence-corrected chi connectivity index (χ0v) is 13.1. The van der Waals surface area contributed by atoms with E-state index in [1.807, 2.05) is 24.3 Å². The molecule has 20 heavy (non-hydrogen) atoms. The lowest BCUT2D eigenvalue weighted by Gasteiger charge is -2.54. The molecule has 3 heteroatoms. The Morgan fingerprint density at radius 3 is 2.05 bits per heavy atom. The van der Waals surface area contributed by atoms with Crippen molar-refractivity contribution in [2.75, 3.05) is 0 Å². The number of halogens is 1. The molecular weight excluding hydrogens is 314 g/mol. The van der Waals surface area contributed by atoms with Gasteiger partial charge in [-0.05, 0) is 80.0 Å². The summed E-state index contributed by atoms with van der Waals surface area (Å²) in [7, 11) is 0. The molecule has 2 nitrogen and oxygen atoms in total. The first-order valence-corrected chi connectivity index (χ1v) is 8.55. The van der Waals surface area contributed by atoms with Gasteiger partial charge in [0.05, 0.1) is 0 Å². The molecule has 4 bridgehead atoms. The third kappa shape index (κ3) is 2.20. The van der Waals surface area contributed by atoms with E-state index in [4.69, 9.17) is 0 Å². The number of rotatable bonds is 2. The first-order chi connectivity index (χ1) is 9.69. The Hall–Kier alpha value is -0.830. The van der Waals surface area contributed by atoms with E-state index in [9.17, 15) is 4.79 Å². The highest BCUT2D eigenvalue weighted by Crippen LogP contribution is 2.53. The standard InChI is InChI=1S/C17H20BrNO/c18-15-3-1-12(2-4-15)17(20)19-16-13-6-10-5-11(8-13)9-14(16)7-10/h1-4,10-11,13-14,16H,5-9H2,(H,19,20). The molecule has 4 fully saturated rings. The predicted octanol–water partition coefficient (Wildman–Crippen LogP) is 4.00. The molecule has 0 aliphatic heterocycles. The Morgan fingerprint density at radius 2 is 1.50 bits per heavy atom. The number of nitrogens with one attached hydrogen (secondary N) is 1. The summed E-state index contributed by atoms with van der Waals surface area (Å²) in [6.45, 7) is 0. The van der Waals surface area contributed by atoms with Crippen molar-refractivity contribution in [1.82, 2.24) is 5.32 Å². The van der Waals surface area contributed by atoms with Gasteiger partial charge in [0.15, 0.2) is 0 Å². The number of benzene rings is 1. The number of hydrogen-bond acceptors (Lipinski definition) is 1. The number of hydrogen-bond donors (Lipinski definition) is 1. The average Bonchev–Trinajstić information content (AvgIpc) is 2.42. The van der Waals surface area contributed by atoms with Gasteiger partial charge in [0, 0.05) is 16.1 Å². The Kier molecular flexibility index (Phi) is 3.13. The maximum Gasteiger partial charge on any atom is 0.251 e. The summed E-state index contributed by atoms with van der Waals surface area (Å²) in [5.41, 5.74) is 0.780. The fourth-order valence-corrected chi connectivity index (χ4v) is 5.26. The molecule has 1 N–H and O–H groups in total. The smallest absolute Gasteiger partial charge is 0.251 e. The van der Waals surface area contributed by atoms with Crippen LogP contribution in [-0.2, 0) is 0 Å². The second-order valence-corrected chi connectivity index (χ2v) is 7.85. The maximum atomic E-state index is 12.4. The van der Waals surface area contributed by atoms with Gasteiger partial charge >= 0.3 is 0 Å². The minimum Gasteiger partial charge on any atom is -0.349 e. The topological polar surface area (TPSA) is 29.1 Å². The van der Waals surface area contributed by atoms with Crippen LogP contribution in [0.15, 0.2) is 28.7 Å². The molecule has 0 aromatic heterocycles. The van der Waals surface area contributed by atoms with E-state index in [0.717, 1.165) is 33.7 Å². The van der Waals surface area contributed by atoms with Crippen molar-refractivity contribution in [3.63, 3.8) is 0 Å². The average molecular weight is 334 g/mol.